The molecule has 0 saturated carbocycles. The fourth-order valence-electron chi connectivity index (χ4n) is 1.97. The van der Waals surface area contributed by atoms with Crippen LogP contribution in [0.25, 0.3) is 11.0 Å². The molecule has 0 aliphatic heterocycles. The molecule has 2 nitrogen and oxygen atoms in total. The molecule has 0 amide bonds. The maximum atomic E-state index is 13.6. The van der Waals surface area contributed by atoms with Gasteiger partial charge in [-0.2, -0.15) is 11.8 Å². The summed E-state index contributed by atoms with van der Waals surface area (Å²) >= 11 is 11.2. The van der Waals surface area contributed by atoms with Crippen LogP contribution in [0.1, 0.15) is 25.0 Å². The number of imidazole rings is 1. The number of fused-ring (bicyclic) bond motifs is 1. The first-order valence-corrected chi connectivity index (χ1v) is 8.47. The van der Waals surface area contributed by atoms with Crippen LogP contribution in [-0.2, 0) is 6.54 Å². The van der Waals surface area contributed by atoms with Crippen LogP contribution >= 0.6 is 39.3 Å². The lowest BCUT2D eigenvalue weighted by Gasteiger charge is -2.14. The third-order valence-corrected chi connectivity index (χ3v) is 4.77. The zero-order chi connectivity index (χ0) is 14.2. The lowest BCUT2D eigenvalue weighted by atomic mass is 10.3. The molecule has 2 unspecified atom stereocenters. The van der Waals surface area contributed by atoms with E-state index >= 15 is 0 Å². The maximum absolute atomic E-state index is 13.6. The molecule has 2 aromatic rings. The van der Waals surface area contributed by atoms with E-state index in [0.717, 1.165) is 17.9 Å². The highest BCUT2D eigenvalue weighted by Gasteiger charge is 2.18. The van der Waals surface area contributed by atoms with Gasteiger partial charge in [0.15, 0.2) is 0 Å². The van der Waals surface area contributed by atoms with Crippen LogP contribution in [0.2, 0.25) is 0 Å². The summed E-state index contributed by atoms with van der Waals surface area (Å²) in [5, 5.41) is 0.235. The van der Waals surface area contributed by atoms with E-state index in [9.17, 15) is 4.39 Å². The second-order valence-corrected chi connectivity index (χ2v) is 7.28. The van der Waals surface area contributed by atoms with Crippen LogP contribution in [0.3, 0.4) is 0 Å². The van der Waals surface area contributed by atoms with Crippen molar-refractivity contribution in [3.8, 4) is 0 Å². The summed E-state index contributed by atoms with van der Waals surface area (Å²) < 4.78 is 16.1. The molecule has 0 aliphatic rings. The lowest BCUT2D eigenvalue weighted by molar-refractivity contribution is 0.622. The van der Waals surface area contributed by atoms with Gasteiger partial charge >= 0.3 is 0 Å². The van der Waals surface area contributed by atoms with E-state index in [0.29, 0.717) is 15.2 Å². The van der Waals surface area contributed by atoms with E-state index in [4.69, 9.17) is 11.6 Å². The van der Waals surface area contributed by atoms with Gasteiger partial charge in [-0.25, -0.2) is 9.37 Å². The third-order valence-electron chi connectivity index (χ3n) is 3.02. The average Bonchev–Trinajstić information content (AvgIpc) is 2.68. The molecule has 0 aliphatic carbocycles. The molecular weight excluding hydrogens is 351 g/mol. The molecule has 0 N–H and O–H groups in total. The van der Waals surface area contributed by atoms with Crippen molar-refractivity contribution in [3.63, 3.8) is 0 Å². The summed E-state index contributed by atoms with van der Waals surface area (Å²) in [6.07, 6.45) is 2.07. The molecule has 1 aromatic heterocycles. The number of nitrogens with zero attached hydrogens (tertiary/aromatic N) is 2. The zero-order valence-corrected chi connectivity index (χ0v) is 14.1. The van der Waals surface area contributed by atoms with Crippen molar-refractivity contribution in [1.82, 2.24) is 9.55 Å². The second kappa shape index (κ2) is 6.02. The molecule has 2 rings (SSSR count). The molecule has 0 spiro atoms. The van der Waals surface area contributed by atoms with E-state index in [1.54, 1.807) is 17.8 Å². The van der Waals surface area contributed by atoms with E-state index < -0.39 is 0 Å². The van der Waals surface area contributed by atoms with Gasteiger partial charge in [-0.15, -0.1) is 11.6 Å². The summed E-state index contributed by atoms with van der Waals surface area (Å²) in [5.41, 5.74) is 1.56. The van der Waals surface area contributed by atoms with E-state index in [2.05, 4.69) is 38.7 Å². The second-order valence-electron chi connectivity index (χ2n) is 4.50. The molecule has 1 aromatic carbocycles. The minimum absolute atomic E-state index is 0.205. The highest BCUT2D eigenvalue weighted by atomic mass is 79.9. The van der Waals surface area contributed by atoms with Crippen LogP contribution in [0.4, 0.5) is 4.39 Å². The largest absolute Gasteiger partial charge is 0.326 e. The van der Waals surface area contributed by atoms with Gasteiger partial charge in [0, 0.05) is 17.9 Å². The van der Waals surface area contributed by atoms with Crippen molar-refractivity contribution in [2.24, 2.45) is 0 Å². The van der Waals surface area contributed by atoms with Gasteiger partial charge in [-0.05, 0) is 35.2 Å². The van der Waals surface area contributed by atoms with Gasteiger partial charge in [0.1, 0.15) is 11.6 Å². The molecule has 104 valence electrons. The molecule has 2 atom stereocenters. The standard InChI is InChI=1S/C13H15BrClFN2S/c1-7(19-3)6-18-12-4-9(14)10(16)5-11(12)17-13(18)8(2)15/h4-5,7-8H,6H2,1-3H3. The molecule has 0 radical (unpaired) electrons. The monoisotopic (exact) mass is 364 g/mol. The average molecular weight is 366 g/mol. The highest BCUT2D eigenvalue weighted by molar-refractivity contribution is 9.10. The Bertz CT molecular complexity index is 600. The number of thioether (sulfide) groups is 1. The van der Waals surface area contributed by atoms with Gasteiger partial charge in [0.25, 0.3) is 0 Å². The smallest absolute Gasteiger partial charge is 0.139 e. The van der Waals surface area contributed by atoms with Crippen LogP contribution in [0, 0.1) is 5.82 Å². The first-order chi connectivity index (χ1) is 8.93. The number of alkyl halides is 1. The molecule has 6 heteroatoms. The first-order valence-electron chi connectivity index (χ1n) is 5.96. The third kappa shape index (κ3) is 3.09. The van der Waals surface area contributed by atoms with Crippen LogP contribution in [0.5, 0.6) is 0 Å². The number of hydrogen-bond acceptors (Lipinski definition) is 2. The normalized spacial score (nSPS) is 14.8. The van der Waals surface area contributed by atoms with Crippen LogP contribution in [-0.4, -0.2) is 21.1 Å². The van der Waals surface area contributed by atoms with Gasteiger partial charge in [-0.1, -0.05) is 6.92 Å². The zero-order valence-electron chi connectivity index (χ0n) is 11.0. The van der Waals surface area contributed by atoms with Crippen LogP contribution in [0.15, 0.2) is 16.6 Å². The molecule has 19 heavy (non-hydrogen) atoms. The topological polar surface area (TPSA) is 17.8 Å². The fourth-order valence-corrected chi connectivity index (χ4v) is 2.76. The predicted molar refractivity (Wildman–Crippen MR) is 84.6 cm³/mol. The van der Waals surface area contributed by atoms with Gasteiger partial charge < -0.3 is 4.57 Å². The van der Waals surface area contributed by atoms with E-state index in [-0.39, 0.29) is 11.2 Å². The van der Waals surface area contributed by atoms with E-state index in [1.807, 2.05) is 6.92 Å². The predicted octanol–water partition coefficient (Wildman–Crippen LogP) is 4.99. The number of halogens is 3. The Morgan fingerprint density at radius 2 is 2.16 bits per heavy atom. The summed E-state index contributed by atoms with van der Waals surface area (Å²) in [6.45, 7) is 4.84. The summed E-state index contributed by atoms with van der Waals surface area (Å²) in [5.74, 6) is 0.485. The van der Waals surface area contributed by atoms with Gasteiger partial charge in [-0.3, -0.25) is 0 Å². The summed E-state index contributed by atoms with van der Waals surface area (Å²) in [6, 6.07) is 3.22. The number of benzene rings is 1. The first kappa shape index (κ1) is 15.1. The minimum atomic E-state index is -0.302. The van der Waals surface area contributed by atoms with Crippen LogP contribution < -0.4 is 0 Å². The van der Waals surface area contributed by atoms with E-state index in [1.165, 1.54) is 6.07 Å². The number of hydrogen-bond donors (Lipinski definition) is 0. The quantitative estimate of drug-likeness (QED) is 0.710. The SMILES string of the molecule is CSC(C)Cn1c(C(C)Cl)nc2cc(F)c(Br)cc21. The molecule has 0 bridgehead atoms. The molecule has 1 heterocycles. The van der Waals surface area contributed by atoms with Crippen molar-refractivity contribution in [2.75, 3.05) is 6.26 Å². The highest BCUT2D eigenvalue weighted by Crippen LogP contribution is 2.29. The lowest BCUT2D eigenvalue weighted by Crippen LogP contribution is -2.12. The van der Waals surface area contributed by atoms with Crippen molar-refractivity contribution in [3.05, 3.63) is 28.2 Å². The van der Waals surface area contributed by atoms with Crippen molar-refractivity contribution < 1.29 is 4.39 Å². The maximum Gasteiger partial charge on any atom is 0.139 e. The molecule has 0 saturated heterocycles. The Morgan fingerprint density at radius 1 is 1.47 bits per heavy atom. The Hall–Kier alpha value is -0.260. The number of aromatic nitrogens is 2. The number of rotatable bonds is 4. The molecule has 0 fully saturated rings. The van der Waals surface area contributed by atoms with Crippen molar-refractivity contribution >= 4 is 50.3 Å². The Labute approximate surface area is 129 Å². The van der Waals surface area contributed by atoms with Crippen molar-refractivity contribution in [1.29, 1.82) is 0 Å². The Morgan fingerprint density at radius 3 is 2.74 bits per heavy atom. The molecular formula is C13H15BrClFN2S. The van der Waals surface area contributed by atoms with Crippen molar-refractivity contribution in [2.45, 2.75) is 31.0 Å². The fraction of sp³-hybridized carbons (Fsp3) is 0.462. The van der Waals surface area contributed by atoms with Gasteiger partial charge in [0.05, 0.1) is 20.9 Å². The Balaban J connectivity index is 2.62. The summed E-state index contributed by atoms with van der Waals surface area (Å²) in [7, 11) is 0. The Kier molecular flexibility index (Phi) is 4.79. The minimum Gasteiger partial charge on any atom is -0.326 e. The van der Waals surface area contributed by atoms with Gasteiger partial charge in [0.2, 0.25) is 0 Å². The summed E-state index contributed by atoms with van der Waals surface area (Å²) in [4.78, 5) is 4.46.